The summed E-state index contributed by atoms with van der Waals surface area (Å²) in [5.41, 5.74) is 0. The minimum atomic E-state index is 0. The first-order valence-electron chi connectivity index (χ1n) is 2.26. The van der Waals surface area contributed by atoms with Crippen molar-refractivity contribution in [3.05, 3.63) is 30.3 Å². The molecule has 0 heterocycles. The third-order valence-electron chi connectivity index (χ3n) is 0.843. The van der Waals surface area contributed by atoms with E-state index < -0.39 is 0 Å². The Morgan fingerprint density at radius 1 is 1.00 bits per heavy atom. The molecule has 0 atom stereocenters. The second-order valence-electron chi connectivity index (χ2n) is 1.49. The average Bonchev–Trinajstić information content (AvgIpc) is 1.69. The number of hydrogen-bond donors (Lipinski definition) is 0. The van der Waals surface area contributed by atoms with Gasteiger partial charge in [-0.2, -0.15) is 0 Å². The first-order chi connectivity index (χ1) is 3.39. The monoisotopic (exact) mass is 227 g/mol. The van der Waals surface area contributed by atoms with Gasteiger partial charge in [-0.25, -0.2) is 0 Å². The van der Waals surface area contributed by atoms with Crippen LogP contribution >= 0.6 is 12.4 Å². The summed E-state index contributed by atoms with van der Waals surface area (Å²) in [6.07, 6.45) is 0. The zero-order valence-electron chi connectivity index (χ0n) is 4.50. The van der Waals surface area contributed by atoms with E-state index in [0.29, 0.717) is 0 Å². The normalized spacial score (nSPS) is 7.75. The fraction of sp³-hybridized carbons (Fsp3) is 0. The van der Waals surface area contributed by atoms with Gasteiger partial charge in [-0.15, -0.1) is 12.4 Å². The molecule has 0 spiro atoms. The predicted octanol–water partition coefficient (Wildman–Crippen LogP) is 1.28. The average molecular weight is 226 g/mol. The molecule has 0 bridgehead atoms. The van der Waals surface area contributed by atoms with Gasteiger partial charge in [0, 0.05) is 0 Å². The molecule has 0 amide bonds. The van der Waals surface area contributed by atoms with Crippen LogP contribution in [0.25, 0.3) is 0 Å². The summed E-state index contributed by atoms with van der Waals surface area (Å²) in [4.78, 5) is 0. The Hall–Kier alpha value is 0.432. The van der Waals surface area contributed by atoms with Gasteiger partial charge < -0.3 is 0 Å². The third kappa shape index (κ3) is 2.67. The van der Waals surface area contributed by atoms with Crippen molar-refractivity contribution in [1.29, 1.82) is 0 Å². The summed E-state index contributed by atoms with van der Waals surface area (Å²) in [6.45, 7) is 0. The van der Waals surface area contributed by atoms with Crippen LogP contribution in [0.3, 0.4) is 0 Å². The van der Waals surface area contributed by atoms with E-state index in [1.54, 1.807) is 0 Å². The Labute approximate surface area is 71.4 Å². The zero-order valence-corrected chi connectivity index (χ0v) is 9.35. The molecule has 0 saturated heterocycles. The van der Waals surface area contributed by atoms with E-state index in [-0.39, 0.29) is 12.4 Å². The molecule has 0 unspecified atom stereocenters. The standard InChI is InChI=1S/C6H5.Cd.ClH/c1-2-4-6-5-3-1;;/h1-5H;;1H. The van der Waals surface area contributed by atoms with Gasteiger partial charge in [-0.1, -0.05) is 0 Å². The molecule has 1 rings (SSSR count). The first-order valence-corrected chi connectivity index (χ1v) is 4.28. The summed E-state index contributed by atoms with van der Waals surface area (Å²) in [6, 6.07) is 10.5. The van der Waals surface area contributed by atoms with E-state index in [9.17, 15) is 0 Å². The van der Waals surface area contributed by atoms with E-state index >= 15 is 0 Å². The van der Waals surface area contributed by atoms with E-state index in [1.165, 1.54) is 3.12 Å². The van der Waals surface area contributed by atoms with E-state index in [4.69, 9.17) is 0 Å². The molecule has 8 heavy (non-hydrogen) atoms. The Morgan fingerprint density at radius 3 is 1.75 bits per heavy atom. The zero-order chi connectivity index (χ0) is 5.11. The molecule has 0 aliphatic rings. The molecule has 0 radical (unpaired) electrons. The third-order valence-corrected chi connectivity index (χ3v) is 2.19. The molecule has 0 nitrogen and oxygen atoms in total. The van der Waals surface area contributed by atoms with Crippen molar-refractivity contribution in [2.45, 2.75) is 0 Å². The van der Waals surface area contributed by atoms with Crippen molar-refractivity contribution in [3.8, 4) is 0 Å². The van der Waals surface area contributed by atoms with Crippen LogP contribution in [0.1, 0.15) is 0 Å². The Kier molecular flexibility index (Phi) is 4.56. The molecule has 0 aromatic heterocycles. The van der Waals surface area contributed by atoms with Crippen LogP contribution in [0.4, 0.5) is 0 Å². The van der Waals surface area contributed by atoms with Crippen LogP contribution in [0.2, 0.25) is 0 Å². The van der Waals surface area contributed by atoms with Crippen molar-refractivity contribution >= 4 is 15.5 Å². The second-order valence-corrected chi connectivity index (χ2v) is 3.82. The quantitative estimate of drug-likeness (QED) is 0.584. The van der Waals surface area contributed by atoms with Gasteiger partial charge in [0.05, 0.1) is 0 Å². The van der Waals surface area contributed by atoms with Gasteiger partial charge in [0.15, 0.2) is 0 Å². The van der Waals surface area contributed by atoms with Crippen molar-refractivity contribution < 1.29 is 25.8 Å². The van der Waals surface area contributed by atoms with Gasteiger partial charge in [-0.05, 0) is 0 Å². The number of hydrogen-bond acceptors (Lipinski definition) is 0. The molecule has 1 aromatic carbocycles. The molecule has 0 aliphatic heterocycles. The Balaban J connectivity index is 0.000000490. The van der Waals surface area contributed by atoms with Gasteiger partial charge in [-0.3, -0.25) is 0 Å². The maximum absolute atomic E-state index is 2.16. The Morgan fingerprint density at radius 2 is 1.50 bits per heavy atom. The van der Waals surface area contributed by atoms with E-state index in [0.717, 1.165) is 25.8 Å². The van der Waals surface area contributed by atoms with Crippen LogP contribution < -0.4 is 3.12 Å². The second kappa shape index (κ2) is 4.32. The summed E-state index contributed by atoms with van der Waals surface area (Å²) in [5.74, 6) is 0. The Bertz CT molecular complexity index is 138. The van der Waals surface area contributed by atoms with Crippen LogP contribution in [0.5, 0.6) is 0 Å². The van der Waals surface area contributed by atoms with E-state index in [2.05, 4.69) is 24.3 Å². The van der Waals surface area contributed by atoms with Crippen molar-refractivity contribution in [3.63, 3.8) is 0 Å². The maximum atomic E-state index is 2.16. The molecule has 2 heteroatoms. The first kappa shape index (κ1) is 8.43. The fourth-order valence-electron chi connectivity index (χ4n) is 0.478. The van der Waals surface area contributed by atoms with Crippen molar-refractivity contribution in [2.75, 3.05) is 0 Å². The summed E-state index contributed by atoms with van der Waals surface area (Å²) < 4.78 is 1.49. The van der Waals surface area contributed by atoms with E-state index in [1.807, 2.05) is 6.07 Å². The van der Waals surface area contributed by atoms with Crippen LogP contribution in [0, 0.1) is 0 Å². The van der Waals surface area contributed by atoms with Crippen molar-refractivity contribution in [1.82, 2.24) is 0 Å². The molecular weight excluding hydrogens is 220 g/mol. The van der Waals surface area contributed by atoms with Gasteiger partial charge in [0.2, 0.25) is 0 Å². The number of halogens is 1. The van der Waals surface area contributed by atoms with Crippen molar-refractivity contribution in [2.24, 2.45) is 0 Å². The molecule has 0 N–H and O–H groups in total. The fourth-order valence-corrected chi connectivity index (χ4v) is 1.25. The SMILES string of the molecule is Cl.[Cd][c]1ccccc1. The number of benzene rings is 1. The van der Waals surface area contributed by atoms with Crippen LogP contribution in [-0.4, -0.2) is 0 Å². The van der Waals surface area contributed by atoms with Crippen LogP contribution in [-0.2, 0) is 25.8 Å². The number of rotatable bonds is 0. The topological polar surface area (TPSA) is 0 Å². The summed E-state index contributed by atoms with van der Waals surface area (Å²) in [5, 5.41) is 0. The molecule has 0 fully saturated rings. The van der Waals surface area contributed by atoms with Gasteiger partial charge >= 0.3 is 59.2 Å². The van der Waals surface area contributed by atoms with Crippen LogP contribution in [0.15, 0.2) is 30.3 Å². The molecule has 0 aliphatic carbocycles. The summed E-state index contributed by atoms with van der Waals surface area (Å²) in [7, 11) is 0. The predicted molar refractivity (Wildman–Crippen MR) is 33.3 cm³/mol. The molecule has 1 aromatic rings. The van der Waals surface area contributed by atoms with Gasteiger partial charge in [0.25, 0.3) is 0 Å². The summed E-state index contributed by atoms with van der Waals surface area (Å²) >= 11 is 0.970. The molecule has 39 valence electrons. The van der Waals surface area contributed by atoms with Gasteiger partial charge in [0.1, 0.15) is 0 Å². The molecular formula is C6H6CdCl. The molecule has 0 saturated carbocycles. The minimum absolute atomic E-state index is 0.